The van der Waals surface area contributed by atoms with Gasteiger partial charge in [0, 0.05) is 12.1 Å². The van der Waals surface area contributed by atoms with Crippen LogP contribution >= 0.6 is 12.4 Å². The number of ether oxygens (including phenoxy) is 1. The summed E-state index contributed by atoms with van der Waals surface area (Å²) >= 11 is 0. The molecule has 16 heavy (non-hydrogen) atoms. The van der Waals surface area contributed by atoms with Crippen LogP contribution in [0.25, 0.3) is 0 Å². The quantitative estimate of drug-likeness (QED) is 0.775. The Kier molecular flexibility index (Phi) is 4.58. The summed E-state index contributed by atoms with van der Waals surface area (Å²) in [6, 6.07) is 1.08. The summed E-state index contributed by atoms with van der Waals surface area (Å²) in [7, 11) is 0. The molecule has 6 heteroatoms. The molecule has 1 N–H and O–H groups in total. The van der Waals surface area contributed by atoms with Crippen LogP contribution in [-0.4, -0.2) is 19.8 Å². The van der Waals surface area contributed by atoms with Crippen molar-refractivity contribution < 1.29 is 17.9 Å². The van der Waals surface area contributed by atoms with Crippen molar-refractivity contribution in [3.63, 3.8) is 0 Å². The van der Waals surface area contributed by atoms with Crippen LogP contribution in [0.4, 0.5) is 13.2 Å². The minimum Gasteiger partial charge on any atom is -0.378 e. The first-order valence-corrected chi connectivity index (χ1v) is 4.64. The standard InChI is InChI=1S/C10H10F3NO.ClH/c11-6-1-2-7(12)10(13)9(6)8-5-15-4-3-14-8;/h1-2,8,14H,3-5H2;1H/t8-;/m0./s1. The Morgan fingerprint density at radius 3 is 2.50 bits per heavy atom. The molecular formula is C10H11ClF3NO. The van der Waals surface area contributed by atoms with Crippen LogP contribution in [0.2, 0.25) is 0 Å². The number of hydrogen-bond acceptors (Lipinski definition) is 2. The normalized spacial score (nSPS) is 20.3. The van der Waals surface area contributed by atoms with Gasteiger partial charge < -0.3 is 10.1 Å². The third kappa shape index (κ3) is 2.48. The summed E-state index contributed by atoms with van der Waals surface area (Å²) in [5.41, 5.74) is -0.283. The van der Waals surface area contributed by atoms with Gasteiger partial charge >= 0.3 is 0 Å². The van der Waals surface area contributed by atoms with Gasteiger partial charge in [0.25, 0.3) is 0 Å². The summed E-state index contributed by atoms with van der Waals surface area (Å²) in [4.78, 5) is 0. The van der Waals surface area contributed by atoms with E-state index in [1.165, 1.54) is 0 Å². The van der Waals surface area contributed by atoms with Gasteiger partial charge in [0.15, 0.2) is 11.6 Å². The van der Waals surface area contributed by atoms with E-state index in [1.807, 2.05) is 0 Å². The molecule has 1 aromatic carbocycles. The number of hydrogen-bond donors (Lipinski definition) is 1. The van der Waals surface area contributed by atoms with E-state index in [1.54, 1.807) is 0 Å². The molecule has 0 bridgehead atoms. The molecule has 1 atom stereocenters. The molecule has 2 rings (SSSR count). The maximum Gasteiger partial charge on any atom is 0.166 e. The second-order valence-electron chi connectivity index (χ2n) is 3.34. The van der Waals surface area contributed by atoms with Crippen molar-refractivity contribution in [1.29, 1.82) is 0 Å². The van der Waals surface area contributed by atoms with E-state index >= 15 is 0 Å². The zero-order chi connectivity index (χ0) is 10.8. The summed E-state index contributed by atoms with van der Waals surface area (Å²) in [6.45, 7) is 1.15. The van der Waals surface area contributed by atoms with Crippen molar-refractivity contribution >= 4 is 12.4 Å². The Balaban J connectivity index is 0.00000128. The van der Waals surface area contributed by atoms with Crippen LogP contribution in [-0.2, 0) is 4.74 Å². The molecule has 1 fully saturated rings. The highest BCUT2D eigenvalue weighted by Crippen LogP contribution is 2.24. The van der Waals surface area contributed by atoms with Gasteiger partial charge in [-0.25, -0.2) is 13.2 Å². The summed E-state index contributed by atoms with van der Waals surface area (Å²) in [6.07, 6.45) is 0. The fraction of sp³-hybridized carbons (Fsp3) is 0.400. The minimum atomic E-state index is -1.14. The molecule has 0 radical (unpaired) electrons. The lowest BCUT2D eigenvalue weighted by atomic mass is 10.1. The first-order chi connectivity index (χ1) is 7.20. The van der Waals surface area contributed by atoms with Gasteiger partial charge in [-0.1, -0.05) is 0 Å². The van der Waals surface area contributed by atoms with Crippen LogP contribution in [0, 0.1) is 17.5 Å². The Labute approximate surface area is 97.2 Å². The highest BCUT2D eigenvalue weighted by Gasteiger charge is 2.24. The Morgan fingerprint density at radius 1 is 1.19 bits per heavy atom. The van der Waals surface area contributed by atoms with Gasteiger partial charge in [0.05, 0.1) is 19.3 Å². The summed E-state index contributed by atoms with van der Waals surface area (Å²) in [5.74, 6) is -2.94. The lowest BCUT2D eigenvalue weighted by molar-refractivity contribution is 0.0742. The molecule has 0 aromatic heterocycles. The van der Waals surface area contributed by atoms with Gasteiger partial charge in [-0.15, -0.1) is 12.4 Å². The average molecular weight is 254 g/mol. The molecule has 1 aliphatic heterocycles. The second-order valence-corrected chi connectivity index (χ2v) is 3.34. The first-order valence-electron chi connectivity index (χ1n) is 4.64. The van der Waals surface area contributed by atoms with E-state index in [9.17, 15) is 13.2 Å². The molecule has 1 saturated heterocycles. The number of nitrogens with one attached hydrogen (secondary N) is 1. The van der Waals surface area contributed by atoms with Crippen LogP contribution in [0.5, 0.6) is 0 Å². The smallest absolute Gasteiger partial charge is 0.166 e. The molecule has 0 saturated carbocycles. The van der Waals surface area contributed by atoms with Crippen molar-refractivity contribution in [3.8, 4) is 0 Å². The topological polar surface area (TPSA) is 21.3 Å². The van der Waals surface area contributed by atoms with Crippen molar-refractivity contribution in [3.05, 3.63) is 35.1 Å². The molecule has 0 spiro atoms. The molecule has 0 unspecified atom stereocenters. The van der Waals surface area contributed by atoms with Crippen molar-refractivity contribution in [2.24, 2.45) is 0 Å². The molecule has 90 valence electrons. The molecule has 2 nitrogen and oxygen atoms in total. The average Bonchev–Trinajstić information content (AvgIpc) is 2.26. The van der Waals surface area contributed by atoms with E-state index in [-0.39, 0.29) is 24.6 Å². The van der Waals surface area contributed by atoms with Crippen molar-refractivity contribution in [2.45, 2.75) is 6.04 Å². The van der Waals surface area contributed by atoms with E-state index in [0.29, 0.717) is 13.2 Å². The molecule has 1 aliphatic rings. The Bertz CT molecular complexity index is 369. The summed E-state index contributed by atoms with van der Waals surface area (Å²) in [5, 5.41) is 2.87. The van der Waals surface area contributed by atoms with Gasteiger partial charge in [0.1, 0.15) is 5.82 Å². The molecule has 0 aliphatic carbocycles. The number of rotatable bonds is 1. The van der Waals surface area contributed by atoms with Gasteiger partial charge in [0.2, 0.25) is 0 Å². The SMILES string of the molecule is Cl.Fc1ccc(F)c([C@@H]2COCCN2)c1F. The summed E-state index contributed by atoms with van der Waals surface area (Å²) < 4.78 is 44.6. The minimum absolute atomic E-state index is 0. The maximum atomic E-state index is 13.3. The second kappa shape index (κ2) is 5.52. The predicted octanol–water partition coefficient (Wildman–Crippen LogP) is 2.19. The zero-order valence-corrected chi connectivity index (χ0v) is 9.12. The fourth-order valence-electron chi connectivity index (χ4n) is 1.61. The Hall–Kier alpha value is -0.780. The third-order valence-electron chi connectivity index (χ3n) is 2.35. The lowest BCUT2D eigenvalue weighted by Gasteiger charge is -2.24. The van der Waals surface area contributed by atoms with Crippen LogP contribution in [0.1, 0.15) is 11.6 Å². The number of morpholine rings is 1. The first kappa shape index (κ1) is 13.3. The zero-order valence-electron chi connectivity index (χ0n) is 8.30. The van der Waals surface area contributed by atoms with Gasteiger partial charge in [-0.05, 0) is 12.1 Å². The van der Waals surface area contributed by atoms with Crippen LogP contribution in [0.15, 0.2) is 12.1 Å². The highest BCUT2D eigenvalue weighted by molar-refractivity contribution is 5.85. The number of halogens is 4. The largest absolute Gasteiger partial charge is 0.378 e. The van der Waals surface area contributed by atoms with E-state index in [0.717, 1.165) is 12.1 Å². The monoisotopic (exact) mass is 253 g/mol. The van der Waals surface area contributed by atoms with Crippen LogP contribution < -0.4 is 5.32 Å². The van der Waals surface area contributed by atoms with Gasteiger partial charge in [-0.3, -0.25) is 0 Å². The maximum absolute atomic E-state index is 13.3. The van der Waals surface area contributed by atoms with Gasteiger partial charge in [-0.2, -0.15) is 0 Å². The molecule has 1 heterocycles. The molecule has 0 amide bonds. The lowest BCUT2D eigenvalue weighted by Crippen LogP contribution is -2.35. The number of benzene rings is 1. The Morgan fingerprint density at radius 2 is 1.88 bits per heavy atom. The van der Waals surface area contributed by atoms with E-state index < -0.39 is 23.5 Å². The molecular weight excluding hydrogens is 243 g/mol. The van der Waals surface area contributed by atoms with E-state index in [4.69, 9.17) is 4.74 Å². The molecule has 1 aromatic rings. The van der Waals surface area contributed by atoms with Crippen LogP contribution in [0.3, 0.4) is 0 Å². The van der Waals surface area contributed by atoms with Crippen molar-refractivity contribution in [2.75, 3.05) is 19.8 Å². The predicted molar refractivity (Wildman–Crippen MR) is 55.1 cm³/mol. The highest BCUT2D eigenvalue weighted by atomic mass is 35.5. The fourth-order valence-corrected chi connectivity index (χ4v) is 1.61. The van der Waals surface area contributed by atoms with E-state index in [2.05, 4.69) is 5.32 Å². The third-order valence-corrected chi connectivity index (χ3v) is 2.35. The van der Waals surface area contributed by atoms with Crippen molar-refractivity contribution in [1.82, 2.24) is 5.32 Å².